The molecule has 1 rings (SSSR count). The van der Waals surface area contributed by atoms with E-state index in [4.69, 9.17) is 12.2 Å². The molecule has 1 aromatic rings. The van der Waals surface area contributed by atoms with Crippen LogP contribution in [0.1, 0.15) is 25.3 Å². The van der Waals surface area contributed by atoms with E-state index in [1.54, 1.807) is 6.21 Å². The number of unbranched alkanes of at least 4 members (excludes halogenated alkanes) is 1. The van der Waals surface area contributed by atoms with Gasteiger partial charge >= 0.3 is 0 Å². The van der Waals surface area contributed by atoms with Gasteiger partial charge in [0.1, 0.15) is 0 Å². The number of anilines is 1. The zero-order valence-corrected chi connectivity index (χ0v) is 12.6. The van der Waals surface area contributed by atoms with Crippen molar-refractivity contribution in [3.8, 4) is 0 Å². The van der Waals surface area contributed by atoms with Gasteiger partial charge in [-0.25, -0.2) is 0 Å². The Hall–Kier alpha value is -1.62. The predicted molar refractivity (Wildman–Crippen MR) is 87.0 cm³/mol. The summed E-state index contributed by atoms with van der Waals surface area (Å²) in [6.45, 7) is 3.03. The van der Waals surface area contributed by atoms with Crippen LogP contribution in [0.4, 0.5) is 5.69 Å². The summed E-state index contributed by atoms with van der Waals surface area (Å²) < 4.78 is 0. The van der Waals surface area contributed by atoms with E-state index in [1.807, 2.05) is 26.2 Å². The molecule has 5 heteroatoms. The summed E-state index contributed by atoms with van der Waals surface area (Å²) >= 11 is 5.10. The Morgan fingerprint density at radius 3 is 2.58 bits per heavy atom. The summed E-state index contributed by atoms with van der Waals surface area (Å²) in [7, 11) is 4.04. The lowest BCUT2D eigenvalue weighted by molar-refractivity contribution is 0.745. The summed E-state index contributed by atoms with van der Waals surface area (Å²) in [6.07, 6.45) is 4.02. The van der Waals surface area contributed by atoms with Crippen LogP contribution in [0.5, 0.6) is 0 Å². The van der Waals surface area contributed by atoms with E-state index in [0.29, 0.717) is 5.11 Å². The molecule has 0 atom stereocenters. The van der Waals surface area contributed by atoms with Crippen LogP contribution in [0.15, 0.2) is 29.4 Å². The molecule has 0 aromatic heterocycles. The number of hydrogen-bond acceptors (Lipinski definition) is 3. The second kappa shape index (κ2) is 8.48. The van der Waals surface area contributed by atoms with Gasteiger partial charge < -0.3 is 10.2 Å². The van der Waals surface area contributed by atoms with Crippen molar-refractivity contribution in [2.75, 3.05) is 25.5 Å². The molecule has 4 nitrogen and oxygen atoms in total. The first-order valence-electron chi connectivity index (χ1n) is 6.47. The molecular formula is C14H22N4S. The molecule has 104 valence electrons. The van der Waals surface area contributed by atoms with E-state index < -0.39 is 0 Å². The van der Waals surface area contributed by atoms with Crippen molar-refractivity contribution in [1.82, 2.24) is 10.7 Å². The fraction of sp³-hybridized carbons (Fsp3) is 0.429. The Bertz CT molecular complexity index is 412. The Labute approximate surface area is 120 Å². The molecule has 0 fully saturated rings. The molecule has 0 spiro atoms. The molecule has 0 aliphatic rings. The number of benzene rings is 1. The van der Waals surface area contributed by atoms with Crippen molar-refractivity contribution in [3.05, 3.63) is 29.8 Å². The van der Waals surface area contributed by atoms with Crippen LogP contribution in [0.25, 0.3) is 0 Å². The van der Waals surface area contributed by atoms with Gasteiger partial charge in [-0.1, -0.05) is 25.5 Å². The first kappa shape index (κ1) is 15.4. The van der Waals surface area contributed by atoms with E-state index in [-0.39, 0.29) is 0 Å². The number of rotatable bonds is 6. The first-order chi connectivity index (χ1) is 9.13. The molecule has 19 heavy (non-hydrogen) atoms. The van der Waals surface area contributed by atoms with Crippen molar-refractivity contribution >= 4 is 29.2 Å². The molecule has 0 saturated carbocycles. The van der Waals surface area contributed by atoms with Gasteiger partial charge in [0, 0.05) is 26.3 Å². The van der Waals surface area contributed by atoms with Gasteiger partial charge in [-0.3, -0.25) is 5.43 Å². The van der Waals surface area contributed by atoms with Crippen molar-refractivity contribution in [3.63, 3.8) is 0 Å². The summed E-state index contributed by atoms with van der Waals surface area (Å²) in [5.74, 6) is 0. The topological polar surface area (TPSA) is 39.7 Å². The predicted octanol–water partition coefficient (Wildman–Crippen LogP) is 2.35. The third kappa shape index (κ3) is 6.20. The lowest BCUT2D eigenvalue weighted by atomic mass is 10.2. The molecular weight excluding hydrogens is 256 g/mol. The maximum atomic E-state index is 5.10. The third-order valence-corrected chi connectivity index (χ3v) is 2.84. The monoisotopic (exact) mass is 278 g/mol. The second-order valence-electron chi connectivity index (χ2n) is 4.47. The largest absolute Gasteiger partial charge is 0.378 e. The quantitative estimate of drug-likeness (QED) is 0.363. The maximum absolute atomic E-state index is 5.10. The number of nitrogens with zero attached hydrogens (tertiary/aromatic N) is 2. The molecule has 0 heterocycles. The van der Waals surface area contributed by atoms with E-state index >= 15 is 0 Å². The smallest absolute Gasteiger partial charge is 0.186 e. The van der Waals surface area contributed by atoms with Crippen LogP contribution in [-0.2, 0) is 0 Å². The Morgan fingerprint density at radius 2 is 2.00 bits per heavy atom. The maximum Gasteiger partial charge on any atom is 0.186 e. The molecule has 0 amide bonds. The SMILES string of the molecule is CCCCNC(=S)N/N=C\c1ccc(N(C)C)cc1. The fourth-order valence-corrected chi connectivity index (χ4v) is 1.60. The molecule has 0 aliphatic carbocycles. The van der Waals surface area contributed by atoms with Crippen LogP contribution in [0, 0.1) is 0 Å². The molecule has 0 bridgehead atoms. The van der Waals surface area contributed by atoms with Crippen molar-refractivity contribution < 1.29 is 0 Å². The van der Waals surface area contributed by atoms with Crippen LogP contribution in [0.3, 0.4) is 0 Å². The molecule has 2 N–H and O–H groups in total. The highest BCUT2D eigenvalue weighted by Gasteiger charge is 1.94. The summed E-state index contributed by atoms with van der Waals surface area (Å²) in [6, 6.07) is 8.15. The van der Waals surface area contributed by atoms with E-state index in [9.17, 15) is 0 Å². The molecule has 0 unspecified atom stereocenters. The van der Waals surface area contributed by atoms with Gasteiger partial charge in [0.2, 0.25) is 0 Å². The van der Waals surface area contributed by atoms with Crippen LogP contribution < -0.4 is 15.6 Å². The summed E-state index contributed by atoms with van der Waals surface area (Å²) in [5, 5.41) is 7.76. The molecule has 1 aromatic carbocycles. The Kier molecular flexibility index (Phi) is 6.89. The van der Waals surface area contributed by atoms with Crippen molar-refractivity contribution in [2.45, 2.75) is 19.8 Å². The van der Waals surface area contributed by atoms with Crippen molar-refractivity contribution in [2.24, 2.45) is 5.10 Å². The van der Waals surface area contributed by atoms with Crippen LogP contribution in [-0.4, -0.2) is 32.0 Å². The van der Waals surface area contributed by atoms with Gasteiger partial charge in [0.25, 0.3) is 0 Å². The number of hydrazone groups is 1. The van der Waals surface area contributed by atoms with Gasteiger partial charge in [-0.15, -0.1) is 0 Å². The lowest BCUT2D eigenvalue weighted by Crippen LogP contribution is -2.32. The normalized spacial score (nSPS) is 10.5. The Morgan fingerprint density at radius 1 is 1.32 bits per heavy atom. The third-order valence-electron chi connectivity index (χ3n) is 2.61. The number of thiocarbonyl (C=S) groups is 1. The minimum atomic E-state index is 0.564. The van der Waals surface area contributed by atoms with Crippen LogP contribution in [0.2, 0.25) is 0 Å². The highest BCUT2D eigenvalue weighted by Crippen LogP contribution is 2.10. The molecule has 0 saturated heterocycles. The van der Waals surface area contributed by atoms with E-state index in [2.05, 4.69) is 39.8 Å². The fourth-order valence-electron chi connectivity index (χ4n) is 1.44. The highest BCUT2D eigenvalue weighted by molar-refractivity contribution is 7.80. The minimum Gasteiger partial charge on any atom is -0.378 e. The van der Waals surface area contributed by atoms with Crippen LogP contribution >= 0.6 is 12.2 Å². The first-order valence-corrected chi connectivity index (χ1v) is 6.88. The lowest BCUT2D eigenvalue weighted by Gasteiger charge is -2.11. The summed E-state index contributed by atoms with van der Waals surface area (Å²) in [5.41, 5.74) is 5.01. The zero-order valence-electron chi connectivity index (χ0n) is 11.8. The average molecular weight is 278 g/mol. The second-order valence-corrected chi connectivity index (χ2v) is 4.87. The number of nitrogens with one attached hydrogen (secondary N) is 2. The van der Waals surface area contributed by atoms with E-state index in [0.717, 1.165) is 24.9 Å². The number of hydrogen-bond donors (Lipinski definition) is 2. The van der Waals surface area contributed by atoms with E-state index in [1.165, 1.54) is 5.69 Å². The van der Waals surface area contributed by atoms with Gasteiger partial charge in [-0.2, -0.15) is 5.10 Å². The minimum absolute atomic E-state index is 0.564. The molecule has 0 aliphatic heterocycles. The van der Waals surface area contributed by atoms with Crippen molar-refractivity contribution in [1.29, 1.82) is 0 Å². The Balaban J connectivity index is 2.37. The van der Waals surface area contributed by atoms with Gasteiger partial charge in [-0.05, 0) is 36.3 Å². The van der Waals surface area contributed by atoms with Gasteiger partial charge in [0.05, 0.1) is 6.21 Å². The highest BCUT2D eigenvalue weighted by atomic mass is 32.1. The standard InChI is InChI=1S/C14H22N4S/c1-4-5-10-15-14(19)17-16-11-12-6-8-13(9-7-12)18(2)3/h6-9,11H,4-5,10H2,1-3H3,(H2,15,17,19)/b16-11-. The van der Waals surface area contributed by atoms with Gasteiger partial charge in [0.15, 0.2) is 5.11 Å². The summed E-state index contributed by atoms with van der Waals surface area (Å²) in [4.78, 5) is 2.06. The molecule has 0 radical (unpaired) electrons. The zero-order chi connectivity index (χ0) is 14.1. The average Bonchev–Trinajstić information content (AvgIpc) is 2.39.